The Morgan fingerprint density at radius 3 is 3.00 bits per heavy atom. The summed E-state index contributed by atoms with van der Waals surface area (Å²) in [7, 11) is 0. The molecule has 3 unspecified atom stereocenters. The van der Waals surface area contributed by atoms with E-state index in [4.69, 9.17) is 0 Å². The Bertz CT molecular complexity index is 676. The molecular formula is C17H18N2O. The second-order valence-electron chi connectivity index (χ2n) is 5.97. The lowest BCUT2D eigenvalue weighted by atomic mass is 9.78. The van der Waals surface area contributed by atoms with E-state index in [0.29, 0.717) is 5.92 Å². The van der Waals surface area contributed by atoms with E-state index in [1.165, 1.54) is 0 Å². The van der Waals surface area contributed by atoms with Crippen LogP contribution in [0.1, 0.15) is 37.9 Å². The van der Waals surface area contributed by atoms with E-state index in [0.717, 1.165) is 35.7 Å². The molecule has 1 heterocycles. The van der Waals surface area contributed by atoms with Crippen molar-refractivity contribution < 1.29 is 5.11 Å². The lowest BCUT2D eigenvalue weighted by Crippen LogP contribution is -2.24. The number of fused-ring (bicyclic) bond motifs is 1. The Hall–Kier alpha value is -1.92. The lowest BCUT2D eigenvalue weighted by Gasteiger charge is -2.27. The van der Waals surface area contributed by atoms with Gasteiger partial charge in [-0.15, -0.1) is 0 Å². The number of aliphatic hydroxyl groups is 1. The predicted octanol–water partition coefficient (Wildman–Crippen LogP) is 3.60. The zero-order valence-corrected chi connectivity index (χ0v) is 11.6. The molecule has 0 saturated heterocycles. The van der Waals surface area contributed by atoms with Crippen molar-refractivity contribution >= 4 is 10.9 Å². The number of aliphatic hydroxyl groups excluding tert-OH is 1. The van der Waals surface area contributed by atoms with Gasteiger partial charge in [-0.3, -0.25) is 4.98 Å². The monoisotopic (exact) mass is 266 g/mol. The molecule has 3 heteroatoms. The highest BCUT2D eigenvalue weighted by molar-refractivity contribution is 5.79. The van der Waals surface area contributed by atoms with Gasteiger partial charge in [-0.2, -0.15) is 5.26 Å². The quantitative estimate of drug-likeness (QED) is 0.903. The highest BCUT2D eigenvalue weighted by Crippen LogP contribution is 2.49. The SMILES string of the molecule is CC1CCC(C#N)(C(O)c2ccc3ncccc3c2)C1. The summed E-state index contributed by atoms with van der Waals surface area (Å²) in [5.41, 5.74) is 1.10. The second kappa shape index (κ2) is 4.88. The third-order valence-electron chi connectivity index (χ3n) is 4.48. The van der Waals surface area contributed by atoms with Crippen molar-refractivity contribution in [3.8, 4) is 6.07 Å². The number of benzene rings is 1. The number of hydrogen-bond acceptors (Lipinski definition) is 3. The molecule has 1 fully saturated rings. The molecule has 3 atom stereocenters. The maximum Gasteiger partial charge on any atom is 0.0976 e. The first-order chi connectivity index (χ1) is 9.64. The van der Waals surface area contributed by atoms with Gasteiger partial charge in [0.2, 0.25) is 0 Å². The van der Waals surface area contributed by atoms with E-state index in [2.05, 4.69) is 18.0 Å². The molecular weight excluding hydrogens is 248 g/mol. The Kier molecular flexibility index (Phi) is 3.19. The molecule has 1 aliphatic carbocycles. The van der Waals surface area contributed by atoms with E-state index >= 15 is 0 Å². The maximum absolute atomic E-state index is 10.7. The van der Waals surface area contributed by atoms with Gasteiger partial charge in [-0.05, 0) is 48.9 Å². The van der Waals surface area contributed by atoms with Crippen LogP contribution in [0.25, 0.3) is 10.9 Å². The Balaban J connectivity index is 2.00. The van der Waals surface area contributed by atoms with Crippen molar-refractivity contribution in [2.24, 2.45) is 11.3 Å². The Morgan fingerprint density at radius 2 is 2.30 bits per heavy atom. The summed E-state index contributed by atoms with van der Waals surface area (Å²) in [5.74, 6) is 0.506. The standard InChI is InChI=1S/C17H18N2O/c1-12-6-7-17(10-12,11-18)16(20)14-4-5-15-13(9-14)3-2-8-19-15/h2-5,8-9,12,16,20H,6-7,10H2,1H3. The minimum atomic E-state index is -0.720. The number of aromatic nitrogens is 1. The molecule has 1 aromatic heterocycles. The topological polar surface area (TPSA) is 56.9 Å². The molecule has 102 valence electrons. The van der Waals surface area contributed by atoms with Gasteiger partial charge >= 0.3 is 0 Å². The van der Waals surface area contributed by atoms with Gasteiger partial charge in [0, 0.05) is 11.6 Å². The molecule has 3 nitrogen and oxygen atoms in total. The first-order valence-corrected chi connectivity index (χ1v) is 7.09. The Labute approximate surface area is 118 Å². The fraction of sp³-hybridized carbons (Fsp3) is 0.412. The summed E-state index contributed by atoms with van der Waals surface area (Å²) < 4.78 is 0. The van der Waals surface area contributed by atoms with Gasteiger partial charge in [0.1, 0.15) is 0 Å². The largest absolute Gasteiger partial charge is 0.387 e. The fourth-order valence-electron chi connectivity index (χ4n) is 3.32. The van der Waals surface area contributed by atoms with Crippen molar-refractivity contribution in [1.29, 1.82) is 5.26 Å². The zero-order chi connectivity index (χ0) is 14.2. The second-order valence-corrected chi connectivity index (χ2v) is 5.97. The normalized spacial score (nSPS) is 27.4. The van der Waals surface area contributed by atoms with Crippen LogP contribution in [0.5, 0.6) is 0 Å². The smallest absolute Gasteiger partial charge is 0.0976 e. The van der Waals surface area contributed by atoms with E-state index in [1.807, 2.05) is 30.3 Å². The van der Waals surface area contributed by atoms with Gasteiger partial charge in [-0.1, -0.05) is 19.1 Å². The van der Waals surface area contributed by atoms with Crippen LogP contribution in [-0.4, -0.2) is 10.1 Å². The van der Waals surface area contributed by atoms with Crippen molar-refractivity contribution in [2.45, 2.75) is 32.3 Å². The predicted molar refractivity (Wildman–Crippen MR) is 77.8 cm³/mol. The summed E-state index contributed by atoms with van der Waals surface area (Å²) in [5, 5.41) is 21.3. The number of nitriles is 1. The third kappa shape index (κ3) is 2.07. The van der Waals surface area contributed by atoms with Crippen LogP contribution in [-0.2, 0) is 0 Å². The number of hydrogen-bond donors (Lipinski definition) is 1. The van der Waals surface area contributed by atoms with Crippen LogP contribution in [0.4, 0.5) is 0 Å². The molecule has 1 saturated carbocycles. The molecule has 3 rings (SSSR count). The average Bonchev–Trinajstić information content (AvgIpc) is 2.88. The van der Waals surface area contributed by atoms with Gasteiger partial charge in [0.15, 0.2) is 0 Å². The van der Waals surface area contributed by atoms with Gasteiger partial charge in [0.25, 0.3) is 0 Å². The van der Waals surface area contributed by atoms with Crippen LogP contribution in [0.3, 0.4) is 0 Å². The molecule has 20 heavy (non-hydrogen) atoms. The summed E-state index contributed by atoms with van der Waals surface area (Å²) in [6.07, 6.45) is 3.60. The highest BCUT2D eigenvalue weighted by Gasteiger charge is 2.44. The van der Waals surface area contributed by atoms with Crippen molar-refractivity contribution in [1.82, 2.24) is 4.98 Å². The molecule has 0 radical (unpaired) electrons. The molecule has 2 aromatic rings. The first-order valence-electron chi connectivity index (χ1n) is 7.09. The van der Waals surface area contributed by atoms with Crippen LogP contribution in [0.2, 0.25) is 0 Å². The minimum Gasteiger partial charge on any atom is -0.387 e. The minimum absolute atomic E-state index is 0.506. The van der Waals surface area contributed by atoms with Crippen LogP contribution < -0.4 is 0 Å². The highest BCUT2D eigenvalue weighted by atomic mass is 16.3. The number of nitrogens with zero attached hydrogens (tertiary/aromatic N) is 2. The molecule has 0 bridgehead atoms. The van der Waals surface area contributed by atoms with Gasteiger partial charge < -0.3 is 5.11 Å². The summed E-state index contributed by atoms with van der Waals surface area (Å²) >= 11 is 0. The molecule has 0 aliphatic heterocycles. The van der Waals surface area contributed by atoms with Crippen LogP contribution in [0.15, 0.2) is 36.5 Å². The maximum atomic E-state index is 10.7. The molecule has 1 N–H and O–H groups in total. The van der Waals surface area contributed by atoms with E-state index in [9.17, 15) is 10.4 Å². The Morgan fingerprint density at radius 1 is 1.45 bits per heavy atom. The number of rotatable bonds is 2. The van der Waals surface area contributed by atoms with E-state index in [1.54, 1.807) is 6.20 Å². The first kappa shape index (κ1) is 13.1. The molecule has 1 aromatic carbocycles. The van der Waals surface area contributed by atoms with E-state index < -0.39 is 11.5 Å². The van der Waals surface area contributed by atoms with Crippen molar-refractivity contribution in [3.63, 3.8) is 0 Å². The number of pyridine rings is 1. The van der Waals surface area contributed by atoms with Crippen LogP contribution in [0, 0.1) is 22.7 Å². The fourth-order valence-corrected chi connectivity index (χ4v) is 3.32. The lowest BCUT2D eigenvalue weighted by molar-refractivity contribution is 0.0648. The molecule has 1 aliphatic rings. The molecule has 0 amide bonds. The summed E-state index contributed by atoms with van der Waals surface area (Å²) in [6.45, 7) is 2.15. The van der Waals surface area contributed by atoms with E-state index in [-0.39, 0.29) is 0 Å². The summed E-state index contributed by atoms with van der Waals surface area (Å²) in [4.78, 5) is 4.28. The van der Waals surface area contributed by atoms with Gasteiger partial charge in [0.05, 0.1) is 23.1 Å². The van der Waals surface area contributed by atoms with Crippen molar-refractivity contribution in [2.75, 3.05) is 0 Å². The molecule has 0 spiro atoms. The third-order valence-corrected chi connectivity index (χ3v) is 4.48. The van der Waals surface area contributed by atoms with Crippen LogP contribution >= 0.6 is 0 Å². The summed E-state index contributed by atoms with van der Waals surface area (Å²) in [6, 6.07) is 12.0. The average molecular weight is 266 g/mol. The zero-order valence-electron chi connectivity index (χ0n) is 11.6. The van der Waals surface area contributed by atoms with Gasteiger partial charge in [-0.25, -0.2) is 0 Å². The van der Waals surface area contributed by atoms with Crippen molar-refractivity contribution in [3.05, 3.63) is 42.1 Å².